The number of benzene rings is 3. The maximum absolute atomic E-state index is 12.7. The zero-order chi connectivity index (χ0) is 21.6. The molecule has 0 aromatic heterocycles. The van der Waals surface area contributed by atoms with E-state index in [9.17, 15) is 9.59 Å². The number of nitrogen functional groups attached to an aromatic ring is 1. The van der Waals surface area contributed by atoms with Crippen LogP contribution in [0.5, 0.6) is 5.75 Å². The van der Waals surface area contributed by atoms with E-state index in [2.05, 4.69) is 5.32 Å². The quantitative estimate of drug-likeness (QED) is 0.419. The molecule has 0 bridgehead atoms. The number of nitrogens with two attached hydrogens (primary N) is 1. The van der Waals surface area contributed by atoms with Crippen LogP contribution in [-0.4, -0.2) is 11.7 Å². The number of rotatable bonds is 8. The van der Waals surface area contributed by atoms with Crippen LogP contribution < -0.4 is 15.8 Å². The predicted molar refractivity (Wildman–Crippen MR) is 121 cm³/mol. The Morgan fingerprint density at radius 2 is 1.71 bits per heavy atom. The summed E-state index contributed by atoms with van der Waals surface area (Å²) in [6.07, 6.45) is 3.46. The number of anilines is 1. The van der Waals surface area contributed by atoms with Crippen LogP contribution >= 0.6 is 0 Å². The van der Waals surface area contributed by atoms with Gasteiger partial charge in [0.15, 0.2) is 5.78 Å². The summed E-state index contributed by atoms with van der Waals surface area (Å²) >= 11 is 0. The number of ether oxygens (including phenoxy) is 1. The third-order valence-electron chi connectivity index (χ3n) is 5.05. The summed E-state index contributed by atoms with van der Waals surface area (Å²) in [5.74, 6) is 0.403. The molecule has 1 saturated carbocycles. The molecule has 156 valence electrons. The standard InChI is InChI=1S/C26H24N2O3/c27-22-8-4-5-19(15-22)17-31-23-13-9-18(10-14-23)16-24(25(29)20-11-12-20)28-26(30)21-6-2-1-3-7-21/h1-10,13-16,20H,11-12,17,27H2,(H,28,30)/b24-16-. The Balaban J connectivity index is 1.46. The number of carbonyl (C=O) groups is 2. The van der Waals surface area contributed by atoms with E-state index >= 15 is 0 Å². The predicted octanol–water partition coefficient (Wildman–Crippen LogP) is 4.60. The van der Waals surface area contributed by atoms with Gasteiger partial charge in [-0.3, -0.25) is 9.59 Å². The van der Waals surface area contributed by atoms with Crippen molar-refractivity contribution in [3.8, 4) is 5.75 Å². The van der Waals surface area contributed by atoms with Crippen molar-refractivity contribution >= 4 is 23.5 Å². The lowest BCUT2D eigenvalue weighted by atomic mass is 10.1. The molecule has 0 spiro atoms. The summed E-state index contributed by atoms with van der Waals surface area (Å²) in [5.41, 5.74) is 9.14. The largest absolute Gasteiger partial charge is 0.489 e. The molecule has 3 aromatic carbocycles. The van der Waals surface area contributed by atoms with E-state index in [4.69, 9.17) is 10.5 Å². The fraction of sp³-hybridized carbons (Fsp3) is 0.154. The monoisotopic (exact) mass is 412 g/mol. The summed E-state index contributed by atoms with van der Waals surface area (Å²) in [6, 6.07) is 23.9. The van der Waals surface area contributed by atoms with Gasteiger partial charge < -0.3 is 15.8 Å². The average Bonchev–Trinajstić information content (AvgIpc) is 3.64. The second-order valence-corrected chi connectivity index (χ2v) is 7.62. The summed E-state index contributed by atoms with van der Waals surface area (Å²) < 4.78 is 5.81. The van der Waals surface area contributed by atoms with Crippen LogP contribution in [0.15, 0.2) is 84.6 Å². The lowest BCUT2D eigenvalue weighted by Gasteiger charge is -2.10. The molecule has 5 heteroatoms. The molecule has 1 amide bonds. The topological polar surface area (TPSA) is 81.4 Å². The van der Waals surface area contributed by atoms with Crippen molar-refractivity contribution < 1.29 is 14.3 Å². The molecule has 5 nitrogen and oxygen atoms in total. The van der Waals surface area contributed by atoms with Crippen LogP contribution in [0.3, 0.4) is 0 Å². The van der Waals surface area contributed by atoms with Gasteiger partial charge in [-0.2, -0.15) is 0 Å². The fourth-order valence-electron chi connectivity index (χ4n) is 3.19. The molecule has 1 aliphatic rings. The lowest BCUT2D eigenvalue weighted by molar-refractivity contribution is -0.116. The lowest BCUT2D eigenvalue weighted by Crippen LogP contribution is -2.28. The first-order chi connectivity index (χ1) is 15.1. The minimum atomic E-state index is -0.289. The number of Topliss-reactive ketones (excluding diaryl/α,β-unsaturated/α-hetero) is 1. The maximum atomic E-state index is 12.7. The van der Waals surface area contributed by atoms with Crippen molar-refractivity contribution in [1.82, 2.24) is 5.32 Å². The second kappa shape index (κ2) is 9.30. The van der Waals surface area contributed by atoms with Crippen molar-refractivity contribution in [3.05, 3.63) is 101 Å². The van der Waals surface area contributed by atoms with E-state index < -0.39 is 0 Å². The molecule has 0 radical (unpaired) electrons. The van der Waals surface area contributed by atoms with E-state index in [1.165, 1.54) is 0 Å². The highest BCUT2D eigenvalue weighted by Crippen LogP contribution is 2.32. The molecular formula is C26H24N2O3. The van der Waals surface area contributed by atoms with Gasteiger partial charge in [-0.15, -0.1) is 0 Å². The van der Waals surface area contributed by atoms with Gasteiger partial charge in [0, 0.05) is 17.2 Å². The van der Waals surface area contributed by atoms with E-state index in [0.29, 0.717) is 29.3 Å². The van der Waals surface area contributed by atoms with Gasteiger partial charge in [0.1, 0.15) is 12.4 Å². The molecule has 3 aromatic rings. The van der Waals surface area contributed by atoms with Crippen LogP contribution in [0.4, 0.5) is 5.69 Å². The molecular weight excluding hydrogens is 388 g/mol. The van der Waals surface area contributed by atoms with E-state index in [1.54, 1.807) is 30.3 Å². The number of allylic oxidation sites excluding steroid dienone is 1. The van der Waals surface area contributed by atoms with Crippen molar-refractivity contribution in [2.45, 2.75) is 19.4 Å². The molecule has 0 aliphatic heterocycles. The number of hydrogen-bond acceptors (Lipinski definition) is 4. The first-order valence-corrected chi connectivity index (χ1v) is 10.3. The Kier molecular flexibility index (Phi) is 6.13. The molecule has 0 atom stereocenters. The first kappa shape index (κ1) is 20.4. The Bertz CT molecular complexity index is 1100. The van der Waals surface area contributed by atoms with Crippen LogP contribution in [0.25, 0.3) is 6.08 Å². The normalized spacial score (nSPS) is 13.5. The molecule has 1 aliphatic carbocycles. The SMILES string of the molecule is Nc1cccc(COc2ccc(/C=C(\NC(=O)c3ccccc3)C(=O)C3CC3)cc2)c1. The van der Waals surface area contributed by atoms with Gasteiger partial charge >= 0.3 is 0 Å². The Morgan fingerprint density at radius 3 is 2.39 bits per heavy atom. The first-order valence-electron chi connectivity index (χ1n) is 10.3. The van der Waals surface area contributed by atoms with Crippen molar-refractivity contribution in [2.24, 2.45) is 5.92 Å². The number of ketones is 1. The minimum Gasteiger partial charge on any atom is -0.489 e. The zero-order valence-corrected chi connectivity index (χ0v) is 17.1. The summed E-state index contributed by atoms with van der Waals surface area (Å²) in [4.78, 5) is 25.3. The van der Waals surface area contributed by atoms with Crippen molar-refractivity contribution in [1.29, 1.82) is 0 Å². The van der Waals surface area contributed by atoms with Crippen LogP contribution in [0.1, 0.15) is 34.3 Å². The fourth-order valence-corrected chi connectivity index (χ4v) is 3.19. The van der Waals surface area contributed by atoms with Crippen LogP contribution in [-0.2, 0) is 11.4 Å². The second-order valence-electron chi connectivity index (χ2n) is 7.62. The highest BCUT2D eigenvalue weighted by molar-refractivity contribution is 6.07. The summed E-state index contributed by atoms with van der Waals surface area (Å²) in [5, 5.41) is 2.80. The molecule has 3 N–H and O–H groups in total. The summed E-state index contributed by atoms with van der Waals surface area (Å²) in [6.45, 7) is 0.415. The Morgan fingerprint density at radius 1 is 0.968 bits per heavy atom. The molecule has 4 rings (SSSR count). The number of carbonyl (C=O) groups excluding carboxylic acids is 2. The van der Waals surface area contributed by atoms with Gasteiger partial charge in [0.2, 0.25) is 0 Å². The minimum absolute atomic E-state index is 0.00300. The van der Waals surface area contributed by atoms with E-state index in [1.807, 2.05) is 54.6 Å². The third kappa shape index (κ3) is 5.60. The Labute approximate surface area is 181 Å². The summed E-state index contributed by atoms with van der Waals surface area (Å²) in [7, 11) is 0. The molecule has 1 fully saturated rings. The Hall–Kier alpha value is -3.86. The smallest absolute Gasteiger partial charge is 0.255 e. The number of hydrogen-bond donors (Lipinski definition) is 2. The van der Waals surface area contributed by atoms with Crippen molar-refractivity contribution in [2.75, 3.05) is 5.73 Å². The molecule has 0 heterocycles. The highest BCUT2D eigenvalue weighted by atomic mass is 16.5. The van der Waals surface area contributed by atoms with Gasteiger partial charge in [0.25, 0.3) is 5.91 Å². The van der Waals surface area contributed by atoms with Gasteiger partial charge in [-0.1, -0.05) is 42.5 Å². The van der Waals surface area contributed by atoms with Crippen LogP contribution in [0, 0.1) is 5.92 Å². The molecule has 0 saturated heterocycles. The maximum Gasteiger partial charge on any atom is 0.255 e. The average molecular weight is 412 g/mol. The van der Waals surface area contributed by atoms with Crippen LogP contribution in [0.2, 0.25) is 0 Å². The highest BCUT2D eigenvalue weighted by Gasteiger charge is 2.32. The number of nitrogens with one attached hydrogen (secondary N) is 1. The van der Waals surface area contributed by atoms with E-state index in [0.717, 1.165) is 24.0 Å². The third-order valence-corrected chi connectivity index (χ3v) is 5.05. The van der Waals surface area contributed by atoms with Crippen molar-refractivity contribution in [3.63, 3.8) is 0 Å². The van der Waals surface area contributed by atoms with Gasteiger partial charge in [0.05, 0.1) is 5.70 Å². The zero-order valence-electron chi connectivity index (χ0n) is 17.1. The number of amides is 1. The molecule has 31 heavy (non-hydrogen) atoms. The molecule has 0 unspecified atom stereocenters. The van der Waals surface area contributed by atoms with Gasteiger partial charge in [-0.05, 0) is 66.4 Å². The van der Waals surface area contributed by atoms with Gasteiger partial charge in [-0.25, -0.2) is 0 Å². The van der Waals surface area contributed by atoms with E-state index in [-0.39, 0.29) is 17.6 Å².